The average molecular weight is 208 g/mol. The fourth-order valence-electron chi connectivity index (χ4n) is 2.04. The van der Waals surface area contributed by atoms with Crippen molar-refractivity contribution in [2.75, 3.05) is 0 Å². The Morgan fingerprint density at radius 3 is 3.20 bits per heavy atom. The zero-order chi connectivity index (χ0) is 10.8. The second kappa shape index (κ2) is 3.84. The maximum absolute atomic E-state index is 11.4. The summed E-state index contributed by atoms with van der Waals surface area (Å²) < 4.78 is 0. The normalized spacial score (nSPS) is 19.6. The van der Waals surface area contributed by atoms with Gasteiger partial charge in [-0.3, -0.25) is 9.59 Å². The Morgan fingerprint density at radius 2 is 2.47 bits per heavy atom. The first-order valence-corrected chi connectivity index (χ1v) is 4.94. The molecule has 5 nitrogen and oxygen atoms in total. The number of aliphatic carboxylic acids is 1. The van der Waals surface area contributed by atoms with Crippen LogP contribution in [0.1, 0.15) is 24.1 Å². The van der Waals surface area contributed by atoms with Crippen molar-refractivity contribution in [2.45, 2.75) is 25.7 Å². The molecule has 5 heteroatoms. The molecule has 2 N–H and O–H groups in total. The topological polar surface area (TPSA) is 83.0 Å². The molecule has 1 aliphatic rings. The van der Waals surface area contributed by atoms with Crippen LogP contribution in [0.4, 0.5) is 0 Å². The Morgan fingerprint density at radius 1 is 1.67 bits per heavy atom. The molecule has 1 heterocycles. The van der Waals surface area contributed by atoms with Gasteiger partial charge in [0.2, 0.25) is 0 Å². The number of H-pyrrole nitrogens is 1. The summed E-state index contributed by atoms with van der Waals surface area (Å²) in [5.41, 5.74) is 1.39. The third-order valence-electron chi connectivity index (χ3n) is 2.79. The number of carboxylic acid groups (broad SMARTS) is 1. The minimum atomic E-state index is -0.784. The molecule has 0 spiro atoms. The number of aromatic nitrogens is 2. The van der Waals surface area contributed by atoms with Crippen LogP contribution in [0.25, 0.3) is 0 Å². The van der Waals surface area contributed by atoms with Gasteiger partial charge in [0.25, 0.3) is 5.56 Å². The van der Waals surface area contributed by atoms with E-state index in [0.717, 1.165) is 17.7 Å². The first-order valence-electron chi connectivity index (χ1n) is 4.94. The van der Waals surface area contributed by atoms with Gasteiger partial charge in [0, 0.05) is 12.0 Å². The number of nitrogens with zero attached hydrogens (tertiary/aromatic N) is 1. The maximum atomic E-state index is 11.4. The van der Waals surface area contributed by atoms with Crippen molar-refractivity contribution < 1.29 is 9.90 Å². The molecule has 0 saturated heterocycles. The lowest BCUT2D eigenvalue weighted by molar-refractivity contribution is -0.138. The van der Waals surface area contributed by atoms with Gasteiger partial charge in [-0.25, -0.2) is 4.98 Å². The van der Waals surface area contributed by atoms with Crippen molar-refractivity contribution in [2.24, 2.45) is 5.92 Å². The Balaban J connectivity index is 2.20. The zero-order valence-corrected chi connectivity index (χ0v) is 8.19. The molecule has 1 unspecified atom stereocenters. The van der Waals surface area contributed by atoms with E-state index < -0.39 is 5.97 Å². The molecule has 0 radical (unpaired) electrons. The molecule has 0 fully saturated rings. The smallest absolute Gasteiger partial charge is 0.303 e. The molecule has 1 atom stereocenters. The molecule has 0 amide bonds. The third kappa shape index (κ3) is 2.06. The highest BCUT2D eigenvalue weighted by Crippen LogP contribution is 2.23. The molecular weight excluding hydrogens is 196 g/mol. The van der Waals surface area contributed by atoms with E-state index in [1.165, 1.54) is 6.33 Å². The van der Waals surface area contributed by atoms with Gasteiger partial charge in [0.05, 0.1) is 12.0 Å². The molecular formula is C10H12N2O3. The Bertz CT molecular complexity index is 439. The molecule has 0 saturated carbocycles. The largest absolute Gasteiger partial charge is 0.481 e. The summed E-state index contributed by atoms with van der Waals surface area (Å²) in [5.74, 6) is -0.669. The van der Waals surface area contributed by atoms with E-state index in [4.69, 9.17) is 5.11 Å². The Kier molecular flexibility index (Phi) is 2.53. The van der Waals surface area contributed by atoms with Crippen LogP contribution >= 0.6 is 0 Å². The molecule has 0 aliphatic heterocycles. The van der Waals surface area contributed by atoms with Gasteiger partial charge in [0.15, 0.2) is 0 Å². The average Bonchev–Trinajstić information content (AvgIpc) is 2.17. The number of aromatic amines is 1. The molecule has 1 aliphatic carbocycles. The van der Waals surface area contributed by atoms with Crippen molar-refractivity contribution in [1.82, 2.24) is 9.97 Å². The number of nitrogens with one attached hydrogen (secondary N) is 1. The van der Waals surface area contributed by atoms with E-state index >= 15 is 0 Å². The molecule has 80 valence electrons. The Labute approximate surface area is 86.2 Å². The first kappa shape index (κ1) is 9.89. The number of hydrogen-bond acceptors (Lipinski definition) is 3. The van der Waals surface area contributed by atoms with Gasteiger partial charge in [-0.1, -0.05) is 0 Å². The Hall–Kier alpha value is -1.65. The highest BCUT2D eigenvalue weighted by atomic mass is 16.4. The van der Waals surface area contributed by atoms with Crippen molar-refractivity contribution >= 4 is 5.97 Å². The van der Waals surface area contributed by atoms with Gasteiger partial charge in [-0.15, -0.1) is 0 Å². The molecule has 1 aromatic rings. The predicted molar refractivity (Wildman–Crippen MR) is 52.6 cm³/mol. The summed E-state index contributed by atoms with van der Waals surface area (Å²) in [7, 11) is 0. The molecule has 1 aromatic heterocycles. The van der Waals surface area contributed by atoms with Gasteiger partial charge in [-0.2, -0.15) is 0 Å². The molecule has 0 aromatic carbocycles. The van der Waals surface area contributed by atoms with Crippen molar-refractivity contribution in [3.8, 4) is 0 Å². The summed E-state index contributed by atoms with van der Waals surface area (Å²) in [6.45, 7) is 0. The highest BCUT2D eigenvalue weighted by Gasteiger charge is 2.23. The monoisotopic (exact) mass is 208 g/mol. The van der Waals surface area contributed by atoms with E-state index in [0.29, 0.717) is 12.8 Å². The van der Waals surface area contributed by atoms with Gasteiger partial charge in [0.1, 0.15) is 0 Å². The predicted octanol–water partition coefficient (Wildman–Crippen LogP) is 0.350. The van der Waals surface area contributed by atoms with Crippen LogP contribution < -0.4 is 5.56 Å². The van der Waals surface area contributed by atoms with Crippen LogP contribution in [-0.2, 0) is 17.6 Å². The summed E-state index contributed by atoms with van der Waals surface area (Å²) in [4.78, 5) is 28.6. The van der Waals surface area contributed by atoms with Crippen molar-refractivity contribution in [3.05, 3.63) is 27.9 Å². The van der Waals surface area contributed by atoms with Crippen LogP contribution in [0, 0.1) is 5.92 Å². The van der Waals surface area contributed by atoms with Gasteiger partial charge in [-0.05, 0) is 25.2 Å². The minimum absolute atomic E-state index is 0.0891. The number of hydrogen-bond donors (Lipinski definition) is 2. The minimum Gasteiger partial charge on any atom is -0.481 e. The number of fused-ring (bicyclic) bond motifs is 1. The van der Waals surface area contributed by atoms with Crippen LogP contribution in [0.3, 0.4) is 0 Å². The van der Waals surface area contributed by atoms with Gasteiger partial charge >= 0.3 is 5.97 Å². The van der Waals surface area contributed by atoms with E-state index in [1.807, 2.05) is 0 Å². The standard InChI is InChI=1S/C10H12N2O3/c13-9(14)4-6-1-2-7-8(3-6)11-5-12-10(7)15/h5-6H,1-4H2,(H,13,14)(H,11,12,15). The van der Waals surface area contributed by atoms with Crippen molar-refractivity contribution in [1.29, 1.82) is 0 Å². The van der Waals surface area contributed by atoms with E-state index in [9.17, 15) is 9.59 Å². The number of carbonyl (C=O) groups is 1. The van der Waals surface area contributed by atoms with Gasteiger partial charge < -0.3 is 10.1 Å². The lowest BCUT2D eigenvalue weighted by Gasteiger charge is -2.21. The first-order chi connectivity index (χ1) is 7.16. The SMILES string of the molecule is O=C(O)CC1CCc2c(nc[nH]c2=O)C1. The van der Waals surface area contributed by atoms with E-state index in [-0.39, 0.29) is 17.9 Å². The molecule has 15 heavy (non-hydrogen) atoms. The summed E-state index contributed by atoms with van der Waals surface area (Å²) in [6, 6.07) is 0. The fraction of sp³-hybridized carbons (Fsp3) is 0.500. The quantitative estimate of drug-likeness (QED) is 0.734. The lowest BCUT2D eigenvalue weighted by Crippen LogP contribution is -2.25. The van der Waals surface area contributed by atoms with Crippen LogP contribution in [0.15, 0.2) is 11.1 Å². The molecule has 0 bridgehead atoms. The summed E-state index contributed by atoms with van der Waals surface area (Å²) in [5, 5.41) is 8.68. The number of rotatable bonds is 2. The third-order valence-corrected chi connectivity index (χ3v) is 2.79. The van der Waals surface area contributed by atoms with Crippen LogP contribution in [-0.4, -0.2) is 21.0 Å². The second-order valence-corrected chi connectivity index (χ2v) is 3.86. The molecule has 2 rings (SSSR count). The van der Waals surface area contributed by atoms with Crippen molar-refractivity contribution in [3.63, 3.8) is 0 Å². The van der Waals surface area contributed by atoms with E-state index in [1.54, 1.807) is 0 Å². The van der Waals surface area contributed by atoms with Crippen LogP contribution in [0.5, 0.6) is 0 Å². The summed E-state index contributed by atoms with van der Waals surface area (Å²) >= 11 is 0. The number of carboxylic acids is 1. The lowest BCUT2D eigenvalue weighted by atomic mass is 9.85. The highest BCUT2D eigenvalue weighted by molar-refractivity contribution is 5.67. The maximum Gasteiger partial charge on any atom is 0.303 e. The second-order valence-electron chi connectivity index (χ2n) is 3.86. The fourth-order valence-corrected chi connectivity index (χ4v) is 2.04. The van der Waals surface area contributed by atoms with Crippen LogP contribution in [0.2, 0.25) is 0 Å². The van der Waals surface area contributed by atoms with E-state index in [2.05, 4.69) is 9.97 Å². The zero-order valence-electron chi connectivity index (χ0n) is 8.19. The summed E-state index contributed by atoms with van der Waals surface area (Å²) in [6.07, 6.45) is 3.54.